The molecule has 7 nitrogen and oxygen atoms in total. The normalized spacial score (nSPS) is 11.3. The number of nitrogens with zero attached hydrogens (tertiary/aromatic N) is 3. The van der Waals surface area contributed by atoms with Crippen molar-refractivity contribution in [1.82, 2.24) is 20.1 Å². The maximum Gasteiger partial charge on any atom is 0.319 e. The largest absolute Gasteiger partial charge is 0.388 e. The number of aromatic nitrogens is 3. The molecule has 0 saturated heterocycles. The van der Waals surface area contributed by atoms with Crippen LogP contribution in [0.3, 0.4) is 0 Å². The molecule has 7 heteroatoms. The summed E-state index contributed by atoms with van der Waals surface area (Å²) in [4.78, 5) is 16.0. The molecule has 2 aromatic rings. The van der Waals surface area contributed by atoms with Crippen molar-refractivity contribution in [3.63, 3.8) is 0 Å². The molecule has 0 saturated carbocycles. The Labute approximate surface area is 135 Å². The van der Waals surface area contributed by atoms with Crippen molar-refractivity contribution >= 4 is 11.7 Å². The number of urea groups is 1. The van der Waals surface area contributed by atoms with E-state index in [1.165, 1.54) is 6.33 Å². The van der Waals surface area contributed by atoms with Crippen LogP contribution in [-0.4, -0.2) is 38.0 Å². The molecule has 0 aliphatic rings. The molecule has 2 rings (SSSR count). The first-order valence-electron chi connectivity index (χ1n) is 7.74. The predicted molar refractivity (Wildman–Crippen MR) is 88.1 cm³/mol. The molecule has 1 heterocycles. The highest BCUT2D eigenvalue weighted by Crippen LogP contribution is 2.16. The van der Waals surface area contributed by atoms with E-state index < -0.39 is 5.60 Å². The number of hydrogen-bond donors (Lipinski definition) is 3. The van der Waals surface area contributed by atoms with Crippen molar-refractivity contribution in [1.29, 1.82) is 0 Å². The Hall–Kier alpha value is -2.41. The van der Waals surface area contributed by atoms with Gasteiger partial charge in [-0.25, -0.2) is 14.5 Å². The lowest BCUT2D eigenvalue weighted by molar-refractivity contribution is 0.0354. The molecule has 1 aromatic heterocycles. The maximum atomic E-state index is 12.1. The van der Waals surface area contributed by atoms with Crippen LogP contribution in [-0.2, 0) is 6.54 Å². The van der Waals surface area contributed by atoms with Gasteiger partial charge >= 0.3 is 6.03 Å². The van der Waals surface area contributed by atoms with Gasteiger partial charge in [-0.2, -0.15) is 5.10 Å². The molecule has 3 N–H and O–H groups in total. The molecule has 0 aliphatic carbocycles. The summed E-state index contributed by atoms with van der Waals surface area (Å²) in [6.07, 6.45) is 4.28. The van der Waals surface area contributed by atoms with Crippen molar-refractivity contribution < 1.29 is 9.90 Å². The minimum Gasteiger partial charge on any atom is -0.388 e. The lowest BCUT2D eigenvalue weighted by atomic mass is 9.98. The summed E-state index contributed by atoms with van der Waals surface area (Å²) in [6.45, 7) is 4.54. The molecule has 0 fully saturated rings. The lowest BCUT2D eigenvalue weighted by Gasteiger charge is -2.25. The third-order valence-electron chi connectivity index (χ3n) is 3.96. The van der Waals surface area contributed by atoms with Gasteiger partial charge in [0.1, 0.15) is 12.7 Å². The fourth-order valence-corrected chi connectivity index (χ4v) is 2.18. The molecule has 0 unspecified atom stereocenters. The topological polar surface area (TPSA) is 92.1 Å². The Morgan fingerprint density at radius 3 is 2.70 bits per heavy atom. The van der Waals surface area contributed by atoms with Gasteiger partial charge in [-0.05, 0) is 24.5 Å². The SMILES string of the molecule is CCC(O)(CC)CNC(=O)Nc1ccccc1Cn1cncn1. The van der Waals surface area contributed by atoms with Crippen LogP contribution >= 0.6 is 0 Å². The van der Waals surface area contributed by atoms with Crippen LogP contribution in [0.1, 0.15) is 32.3 Å². The number of benzene rings is 1. The summed E-state index contributed by atoms with van der Waals surface area (Å²) in [5.41, 5.74) is 0.767. The van der Waals surface area contributed by atoms with Crippen LogP contribution < -0.4 is 10.6 Å². The zero-order valence-electron chi connectivity index (χ0n) is 13.5. The van der Waals surface area contributed by atoms with Crippen LogP contribution in [0, 0.1) is 0 Å². The van der Waals surface area contributed by atoms with Crippen molar-refractivity contribution in [3.8, 4) is 0 Å². The number of nitrogens with one attached hydrogen (secondary N) is 2. The Kier molecular flexibility index (Phi) is 5.70. The summed E-state index contributed by atoms with van der Waals surface area (Å²) >= 11 is 0. The second kappa shape index (κ2) is 7.73. The lowest BCUT2D eigenvalue weighted by Crippen LogP contribution is -2.43. The summed E-state index contributed by atoms with van der Waals surface area (Å²) in [5, 5.41) is 19.8. The van der Waals surface area contributed by atoms with Crippen LogP contribution in [0.25, 0.3) is 0 Å². The minimum atomic E-state index is -0.864. The molecule has 0 atom stereocenters. The van der Waals surface area contributed by atoms with Crippen molar-refractivity contribution in [2.75, 3.05) is 11.9 Å². The van der Waals surface area contributed by atoms with E-state index in [0.29, 0.717) is 25.1 Å². The number of carbonyl (C=O) groups excluding carboxylic acids is 1. The number of hydrogen-bond acceptors (Lipinski definition) is 4. The van der Waals surface area contributed by atoms with Crippen molar-refractivity contribution in [2.24, 2.45) is 0 Å². The first-order chi connectivity index (χ1) is 11.1. The maximum absolute atomic E-state index is 12.1. The van der Waals surface area contributed by atoms with Crippen LogP contribution in [0.15, 0.2) is 36.9 Å². The summed E-state index contributed by atoms with van der Waals surface area (Å²) < 4.78 is 1.69. The second-order valence-electron chi connectivity index (χ2n) is 5.49. The van der Waals surface area contributed by atoms with E-state index in [9.17, 15) is 9.90 Å². The molecule has 0 radical (unpaired) electrons. The number of anilines is 1. The highest BCUT2D eigenvalue weighted by Gasteiger charge is 2.22. The molecule has 124 valence electrons. The van der Waals surface area contributed by atoms with Crippen LogP contribution in [0.4, 0.5) is 10.5 Å². The molecule has 0 spiro atoms. The Morgan fingerprint density at radius 1 is 1.30 bits per heavy atom. The van der Waals surface area contributed by atoms with E-state index in [4.69, 9.17) is 0 Å². The zero-order chi connectivity index (χ0) is 16.7. The fourth-order valence-electron chi connectivity index (χ4n) is 2.18. The van der Waals surface area contributed by atoms with Gasteiger partial charge in [0.25, 0.3) is 0 Å². The number of aliphatic hydroxyl groups is 1. The predicted octanol–water partition coefficient (Wildman–Crippen LogP) is 2.00. The summed E-state index contributed by atoms with van der Waals surface area (Å²) in [6, 6.07) is 7.18. The average molecular weight is 317 g/mol. The van der Waals surface area contributed by atoms with E-state index in [-0.39, 0.29) is 12.6 Å². The molecule has 23 heavy (non-hydrogen) atoms. The Balaban J connectivity index is 1.98. The molecule has 0 bridgehead atoms. The molecule has 2 amide bonds. The third-order valence-corrected chi connectivity index (χ3v) is 3.96. The Bertz CT molecular complexity index is 623. The van der Waals surface area contributed by atoms with E-state index in [1.807, 2.05) is 38.1 Å². The van der Waals surface area contributed by atoms with E-state index in [1.54, 1.807) is 11.0 Å². The van der Waals surface area contributed by atoms with E-state index in [2.05, 4.69) is 20.7 Å². The zero-order valence-corrected chi connectivity index (χ0v) is 13.5. The number of rotatable bonds is 7. The van der Waals surface area contributed by atoms with Crippen LogP contribution in [0.5, 0.6) is 0 Å². The van der Waals surface area contributed by atoms with Gasteiger partial charge in [0.15, 0.2) is 0 Å². The number of amides is 2. The first kappa shape index (κ1) is 17.0. The monoisotopic (exact) mass is 317 g/mol. The summed E-state index contributed by atoms with van der Waals surface area (Å²) in [5.74, 6) is 0. The number of carbonyl (C=O) groups is 1. The standard InChI is InChI=1S/C16H23N5O2/c1-3-16(23,4-2)10-18-15(22)20-14-8-6-5-7-13(14)9-21-12-17-11-19-21/h5-8,11-12,23H,3-4,9-10H2,1-2H3,(H2,18,20,22). The van der Waals surface area contributed by atoms with Gasteiger partial charge in [-0.3, -0.25) is 0 Å². The van der Waals surface area contributed by atoms with Crippen molar-refractivity contribution in [2.45, 2.75) is 38.8 Å². The highest BCUT2D eigenvalue weighted by molar-refractivity contribution is 5.90. The van der Waals surface area contributed by atoms with Gasteiger partial charge < -0.3 is 15.7 Å². The smallest absolute Gasteiger partial charge is 0.319 e. The Morgan fingerprint density at radius 2 is 2.04 bits per heavy atom. The average Bonchev–Trinajstić information content (AvgIpc) is 3.07. The van der Waals surface area contributed by atoms with Gasteiger partial charge in [0, 0.05) is 12.2 Å². The number of para-hydroxylation sites is 1. The molecule has 1 aromatic carbocycles. The van der Waals surface area contributed by atoms with Gasteiger partial charge in [-0.15, -0.1) is 0 Å². The second-order valence-corrected chi connectivity index (χ2v) is 5.49. The minimum absolute atomic E-state index is 0.219. The summed E-state index contributed by atoms with van der Waals surface area (Å²) in [7, 11) is 0. The first-order valence-corrected chi connectivity index (χ1v) is 7.74. The van der Waals surface area contributed by atoms with Gasteiger partial charge in [0.05, 0.1) is 12.1 Å². The van der Waals surface area contributed by atoms with Crippen molar-refractivity contribution in [3.05, 3.63) is 42.5 Å². The van der Waals surface area contributed by atoms with Gasteiger partial charge in [-0.1, -0.05) is 32.0 Å². The molecule has 0 aliphatic heterocycles. The quantitative estimate of drug-likeness (QED) is 0.728. The van der Waals surface area contributed by atoms with E-state index >= 15 is 0 Å². The highest BCUT2D eigenvalue weighted by atomic mass is 16.3. The molecular weight excluding hydrogens is 294 g/mol. The van der Waals surface area contributed by atoms with Gasteiger partial charge in [0.2, 0.25) is 0 Å². The fraction of sp³-hybridized carbons (Fsp3) is 0.438. The molecular formula is C16H23N5O2. The van der Waals surface area contributed by atoms with Crippen LogP contribution in [0.2, 0.25) is 0 Å². The van der Waals surface area contributed by atoms with E-state index in [0.717, 1.165) is 5.56 Å². The third kappa shape index (κ3) is 4.79.